The number of aromatic nitrogens is 2. The molecule has 0 saturated heterocycles. The van der Waals surface area contributed by atoms with Crippen molar-refractivity contribution in [2.24, 2.45) is 7.05 Å². The minimum Gasteiger partial charge on any atom is -0.383 e. The van der Waals surface area contributed by atoms with Crippen molar-refractivity contribution in [3.63, 3.8) is 0 Å². The van der Waals surface area contributed by atoms with Gasteiger partial charge in [-0.15, -0.1) is 0 Å². The zero-order valence-electron chi connectivity index (χ0n) is 10.5. The van der Waals surface area contributed by atoms with Gasteiger partial charge in [0.1, 0.15) is 11.5 Å². The lowest BCUT2D eigenvalue weighted by atomic mass is 10.4. The first-order chi connectivity index (χ1) is 8.40. The molecule has 18 heavy (non-hydrogen) atoms. The van der Waals surface area contributed by atoms with E-state index in [2.05, 4.69) is 11.9 Å². The third kappa shape index (κ3) is 2.76. The van der Waals surface area contributed by atoms with Gasteiger partial charge in [0, 0.05) is 18.6 Å². The number of nitrogens with two attached hydrogens (primary N) is 1. The van der Waals surface area contributed by atoms with Gasteiger partial charge in [-0.3, -0.25) is 13.9 Å². The summed E-state index contributed by atoms with van der Waals surface area (Å²) in [5, 5.41) is 3.15. The van der Waals surface area contributed by atoms with Gasteiger partial charge in [0.05, 0.1) is 6.54 Å². The van der Waals surface area contributed by atoms with Crippen molar-refractivity contribution in [2.75, 3.05) is 17.6 Å². The van der Waals surface area contributed by atoms with Crippen LogP contribution in [0.1, 0.15) is 13.3 Å². The van der Waals surface area contributed by atoms with Gasteiger partial charge in [0.15, 0.2) is 0 Å². The summed E-state index contributed by atoms with van der Waals surface area (Å²) in [4.78, 5) is 23.8. The number of halogens is 1. The third-order valence-electron chi connectivity index (χ3n) is 2.49. The summed E-state index contributed by atoms with van der Waals surface area (Å²) in [6, 6.07) is 0. The van der Waals surface area contributed by atoms with Crippen molar-refractivity contribution in [3.8, 4) is 0 Å². The summed E-state index contributed by atoms with van der Waals surface area (Å²) in [5.41, 5.74) is 5.12. The van der Waals surface area contributed by atoms with Gasteiger partial charge in [0.2, 0.25) is 0 Å². The van der Waals surface area contributed by atoms with Crippen molar-refractivity contribution >= 4 is 23.1 Å². The smallest absolute Gasteiger partial charge is 0.332 e. The Kier molecular flexibility index (Phi) is 4.61. The van der Waals surface area contributed by atoms with Crippen LogP contribution < -0.4 is 22.3 Å². The lowest BCUT2D eigenvalue weighted by Gasteiger charge is -2.15. The molecule has 0 aliphatic heterocycles. The predicted molar refractivity (Wildman–Crippen MR) is 74.1 cm³/mol. The van der Waals surface area contributed by atoms with Crippen molar-refractivity contribution in [1.29, 1.82) is 0 Å². The SMILES string of the molecule is C=C(Cl)CNc1c(N)n(CCC)c(=O)n(C)c1=O. The maximum absolute atomic E-state index is 11.9. The monoisotopic (exact) mass is 272 g/mol. The molecule has 0 radical (unpaired) electrons. The second-order valence-electron chi connectivity index (χ2n) is 3.93. The van der Waals surface area contributed by atoms with Gasteiger partial charge in [0.25, 0.3) is 5.56 Å². The standard InChI is InChI=1S/C11H17ClN4O2/c1-4-5-16-9(13)8(14-6-7(2)12)10(17)15(3)11(16)18/h14H,2,4-6,13H2,1,3H3. The first kappa shape index (κ1) is 14.4. The fraction of sp³-hybridized carbons (Fsp3) is 0.455. The van der Waals surface area contributed by atoms with E-state index < -0.39 is 11.2 Å². The molecule has 7 heteroatoms. The number of rotatable bonds is 5. The quantitative estimate of drug-likeness (QED) is 0.827. The largest absolute Gasteiger partial charge is 0.383 e. The van der Waals surface area contributed by atoms with E-state index in [0.717, 1.165) is 11.0 Å². The molecule has 0 spiro atoms. The molecule has 0 amide bonds. The van der Waals surface area contributed by atoms with Crippen LogP contribution in [0, 0.1) is 0 Å². The number of nitrogens with zero attached hydrogens (tertiary/aromatic N) is 2. The number of nitrogen functional groups attached to an aromatic ring is 1. The molecule has 0 aromatic carbocycles. The van der Waals surface area contributed by atoms with E-state index in [0.29, 0.717) is 11.6 Å². The second-order valence-corrected chi connectivity index (χ2v) is 4.46. The Balaban J connectivity index is 3.37. The van der Waals surface area contributed by atoms with Crippen LogP contribution in [0.4, 0.5) is 11.5 Å². The number of anilines is 2. The average Bonchev–Trinajstić information content (AvgIpc) is 2.31. The maximum Gasteiger partial charge on any atom is 0.332 e. The summed E-state index contributed by atoms with van der Waals surface area (Å²) in [5.74, 6) is 0.128. The minimum atomic E-state index is -0.470. The highest BCUT2D eigenvalue weighted by atomic mass is 35.5. The normalized spacial score (nSPS) is 10.4. The number of hydrogen-bond donors (Lipinski definition) is 2. The molecular formula is C11H17ClN4O2. The Hall–Kier alpha value is -1.69. The highest BCUT2D eigenvalue weighted by Crippen LogP contribution is 2.12. The van der Waals surface area contributed by atoms with Crippen molar-refractivity contribution in [3.05, 3.63) is 32.4 Å². The van der Waals surface area contributed by atoms with Crippen LogP contribution in [0.15, 0.2) is 21.2 Å². The molecule has 0 saturated carbocycles. The molecule has 0 aliphatic rings. The highest BCUT2D eigenvalue weighted by molar-refractivity contribution is 6.29. The maximum atomic E-state index is 11.9. The van der Waals surface area contributed by atoms with Gasteiger partial charge >= 0.3 is 5.69 Å². The molecule has 0 aliphatic carbocycles. The molecule has 1 rings (SSSR count). The van der Waals surface area contributed by atoms with Gasteiger partial charge in [-0.25, -0.2) is 4.79 Å². The van der Waals surface area contributed by atoms with E-state index in [-0.39, 0.29) is 18.1 Å². The zero-order chi connectivity index (χ0) is 13.9. The molecule has 1 aromatic rings. The van der Waals surface area contributed by atoms with E-state index in [4.69, 9.17) is 17.3 Å². The molecule has 6 nitrogen and oxygen atoms in total. The molecule has 1 heterocycles. The molecule has 1 aromatic heterocycles. The van der Waals surface area contributed by atoms with Gasteiger partial charge in [-0.05, 0) is 6.42 Å². The van der Waals surface area contributed by atoms with E-state index in [9.17, 15) is 9.59 Å². The third-order valence-corrected chi connectivity index (χ3v) is 2.62. The fourth-order valence-corrected chi connectivity index (χ4v) is 1.64. The Labute approximate surface area is 110 Å². The summed E-state index contributed by atoms with van der Waals surface area (Å²) in [6.45, 7) is 6.10. The van der Waals surface area contributed by atoms with Crippen LogP contribution in [0.5, 0.6) is 0 Å². The van der Waals surface area contributed by atoms with Crippen LogP contribution in [-0.4, -0.2) is 15.7 Å². The number of nitrogens with one attached hydrogen (secondary N) is 1. The first-order valence-corrected chi connectivity index (χ1v) is 5.94. The molecule has 0 fully saturated rings. The number of hydrogen-bond acceptors (Lipinski definition) is 4. The van der Waals surface area contributed by atoms with Crippen LogP contribution in [0.3, 0.4) is 0 Å². The van der Waals surface area contributed by atoms with E-state index >= 15 is 0 Å². The van der Waals surface area contributed by atoms with Crippen molar-refractivity contribution in [1.82, 2.24) is 9.13 Å². The van der Waals surface area contributed by atoms with E-state index in [1.165, 1.54) is 11.6 Å². The Morgan fingerprint density at radius 1 is 1.50 bits per heavy atom. The summed E-state index contributed by atoms with van der Waals surface area (Å²) in [7, 11) is 1.41. The minimum absolute atomic E-state index is 0.128. The summed E-state index contributed by atoms with van der Waals surface area (Å²) < 4.78 is 2.38. The average molecular weight is 273 g/mol. The first-order valence-electron chi connectivity index (χ1n) is 5.56. The fourth-order valence-electron chi connectivity index (χ4n) is 1.57. The lowest BCUT2D eigenvalue weighted by molar-refractivity contribution is 0.601. The van der Waals surface area contributed by atoms with Crippen LogP contribution in [0.2, 0.25) is 0 Å². The zero-order valence-corrected chi connectivity index (χ0v) is 11.3. The molecule has 3 N–H and O–H groups in total. The van der Waals surface area contributed by atoms with Crippen LogP contribution >= 0.6 is 11.6 Å². The van der Waals surface area contributed by atoms with Gasteiger partial charge < -0.3 is 11.1 Å². The molecule has 0 bridgehead atoms. The van der Waals surface area contributed by atoms with Crippen molar-refractivity contribution < 1.29 is 0 Å². The Morgan fingerprint density at radius 2 is 2.11 bits per heavy atom. The van der Waals surface area contributed by atoms with Gasteiger partial charge in [-0.1, -0.05) is 25.1 Å². The Bertz CT molecular complexity index is 574. The molecule has 0 unspecified atom stereocenters. The van der Waals surface area contributed by atoms with E-state index in [1.54, 1.807) is 0 Å². The Morgan fingerprint density at radius 3 is 2.61 bits per heavy atom. The predicted octanol–water partition coefficient (Wildman–Crippen LogP) is 0.704. The second kappa shape index (κ2) is 5.77. The van der Waals surface area contributed by atoms with E-state index in [1.807, 2.05) is 6.92 Å². The molecular weight excluding hydrogens is 256 g/mol. The summed E-state index contributed by atoms with van der Waals surface area (Å²) in [6.07, 6.45) is 0.740. The molecule has 0 atom stereocenters. The van der Waals surface area contributed by atoms with Crippen LogP contribution in [-0.2, 0) is 13.6 Å². The topological polar surface area (TPSA) is 82.0 Å². The van der Waals surface area contributed by atoms with Gasteiger partial charge in [-0.2, -0.15) is 0 Å². The molecule has 100 valence electrons. The van der Waals surface area contributed by atoms with Crippen molar-refractivity contribution in [2.45, 2.75) is 19.9 Å². The van der Waals surface area contributed by atoms with Crippen LogP contribution in [0.25, 0.3) is 0 Å². The highest BCUT2D eigenvalue weighted by Gasteiger charge is 2.14. The summed E-state index contributed by atoms with van der Waals surface area (Å²) >= 11 is 5.63. The lowest BCUT2D eigenvalue weighted by Crippen LogP contribution is -2.40.